The van der Waals surface area contributed by atoms with Crippen molar-refractivity contribution in [2.24, 2.45) is 0 Å². The van der Waals surface area contributed by atoms with E-state index in [0.29, 0.717) is 0 Å². The minimum absolute atomic E-state index is 0.869. The monoisotopic (exact) mass is 252 g/mol. The number of ether oxygens (including phenoxy) is 2. The summed E-state index contributed by atoms with van der Waals surface area (Å²) in [7, 11) is 7.46. The Bertz CT molecular complexity index is 380. The number of nitrogens with zero attached hydrogens (tertiary/aromatic N) is 1. The predicted octanol–water partition coefficient (Wildman–Crippen LogP) is 1.66. The van der Waals surface area contributed by atoms with E-state index >= 15 is 0 Å². The SMILES string of the molecule is CNCCN(C)Cc1ccc(OC)c(C)c1OC. The van der Waals surface area contributed by atoms with Crippen LogP contribution in [0.1, 0.15) is 11.1 Å². The van der Waals surface area contributed by atoms with E-state index in [1.807, 2.05) is 20.0 Å². The lowest BCUT2D eigenvalue weighted by molar-refractivity contribution is 0.316. The standard InChI is InChI=1S/C14H24N2O2/c1-11-13(17-4)7-6-12(14(11)18-5)10-16(3)9-8-15-2/h6-7,15H,8-10H2,1-5H3. The van der Waals surface area contributed by atoms with Gasteiger partial charge in [-0.15, -0.1) is 0 Å². The van der Waals surface area contributed by atoms with Crippen molar-refractivity contribution in [3.05, 3.63) is 23.3 Å². The van der Waals surface area contributed by atoms with E-state index in [9.17, 15) is 0 Å². The Morgan fingerprint density at radius 1 is 1.22 bits per heavy atom. The summed E-state index contributed by atoms with van der Waals surface area (Å²) in [5, 5.41) is 3.15. The molecule has 0 aliphatic rings. The van der Waals surface area contributed by atoms with E-state index in [1.54, 1.807) is 14.2 Å². The highest BCUT2D eigenvalue weighted by atomic mass is 16.5. The number of benzene rings is 1. The molecule has 0 fully saturated rings. The van der Waals surface area contributed by atoms with E-state index in [1.165, 1.54) is 5.56 Å². The zero-order chi connectivity index (χ0) is 13.5. The summed E-state index contributed by atoms with van der Waals surface area (Å²) in [6.07, 6.45) is 0. The summed E-state index contributed by atoms with van der Waals surface area (Å²) in [5.41, 5.74) is 2.24. The third kappa shape index (κ3) is 3.62. The molecular weight excluding hydrogens is 228 g/mol. The molecule has 102 valence electrons. The van der Waals surface area contributed by atoms with Crippen LogP contribution in [0, 0.1) is 6.92 Å². The molecule has 0 aliphatic heterocycles. The molecule has 0 aromatic heterocycles. The smallest absolute Gasteiger partial charge is 0.129 e. The lowest BCUT2D eigenvalue weighted by atomic mass is 10.1. The van der Waals surface area contributed by atoms with E-state index < -0.39 is 0 Å². The summed E-state index contributed by atoms with van der Waals surface area (Å²) in [6.45, 7) is 4.88. The topological polar surface area (TPSA) is 33.7 Å². The van der Waals surface area contributed by atoms with Crippen LogP contribution in [0.5, 0.6) is 11.5 Å². The lowest BCUT2D eigenvalue weighted by Gasteiger charge is -2.20. The second-order valence-corrected chi connectivity index (χ2v) is 4.43. The van der Waals surface area contributed by atoms with Crippen molar-refractivity contribution in [1.82, 2.24) is 10.2 Å². The maximum absolute atomic E-state index is 5.50. The van der Waals surface area contributed by atoms with Gasteiger partial charge in [-0.05, 0) is 27.1 Å². The quantitative estimate of drug-likeness (QED) is 0.800. The molecule has 4 heteroatoms. The zero-order valence-corrected chi connectivity index (χ0v) is 12.0. The first kappa shape index (κ1) is 14.8. The summed E-state index contributed by atoms with van der Waals surface area (Å²) in [4.78, 5) is 2.26. The van der Waals surface area contributed by atoms with Crippen molar-refractivity contribution < 1.29 is 9.47 Å². The molecule has 0 radical (unpaired) electrons. The highest BCUT2D eigenvalue weighted by molar-refractivity contribution is 5.49. The molecule has 0 spiro atoms. The first-order valence-corrected chi connectivity index (χ1v) is 6.17. The van der Waals surface area contributed by atoms with Crippen LogP contribution in [-0.4, -0.2) is 46.3 Å². The van der Waals surface area contributed by atoms with Crippen molar-refractivity contribution in [1.29, 1.82) is 0 Å². The van der Waals surface area contributed by atoms with Crippen LogP contribution in [0.15, 0.2) is 12.1 Å². The van der Waals surface area contributed by atoms with Crippen LogP contribution in [0.2, 0.25) is 0 Å². The number of hydrogen-bond donors (Lipinski definition) is 1. The average Bonchev–Trinajstić information content (AvgIpc) is 2.37. The number of nitrogens with one attached hydrogen (secondary N) is 1. The Balaban J connectivity index is 2.85. The van der Waals surface area contributed by atoms with Gasteiger partial charge in [0.1, 0.15) is 11.5 Å². The number of likely N-dealkylation sites (N-methyl/N-ethyl adjacent to an activating group) is 2. The zero-order valence-electron chi connectivity index (χ0n) is 12.0. The minimum atomic E-state index is 0.869. The second kappa shape index (κ2) is 7.24. The molecule has 1 aromatic carbocycles. The summed E-state index contributed by atoms with van der Waals surface area (Å²) in [6, 6.07) is 4.07. The van der Waals surface area contributed by atoms with Crippen LogP contribution >= 0.6 is 0 Å². The molecule has 4 nitrogen and oxygen atoms in total. The Labute approximate surface area is 110 Å². The van der Waals surface area contributed by atoms with Crippen LogP contribution in [-0.2, 0) is 6.54 Å². The molecule has 0 atom stereocenters. The van der Waals surface area contributed by atoms with E-state index in [0.717, 1.165) is 36.7 Å². The molecule has 1 N–H and O–H groups in total. The van der Waals surface area contributed by atoms with Gasteiger partial charge in [-0.1, -0.05) is 6.07 Å². The van der Waals surface area contributed by atoms with Gasteiger partial charge in [0.05, 0.1) is 14.2 Å². The molecule has 0 heterocycles. The van der Waals surface area contributed by atoms with Crippen LogP contribution in [0.3, 0.4) is 0 Å². The lowest BCUT2D eigenvalue weighted by Crippen LogP contribution is -2.27. The van der Waals surface area contributed by atoms with Crippen LogP contribution < -0.4 is 14.8 Å². The third-order valence-electron chi connectivity index (χ3n) is 3.05. The highest BCUT2D eigenvalue weighted by Gasteiger charge is 2.12. The van der Waals surface area contributed by atoms with Crippen molar-refractivity contribution in [2.45, 2.75) is 13.5 Å². The van der Waals surface area contributed by atoms with Gasteiger partial charge in [-0.2, -0.15) is 0 Å². The van der Waals surface area contributed by atoms with Crippen molar-refractivity contribution in [3.8, 4) is 11.5 Å². The Morgan fingerprint density at radius 2 is 1.94 bits per heavy atom. The summed E-state index contributed by atoms with van der Waals surface area (Å²) >= 11 is 0. The molecule has 0 unspecified atom stereocenters. The van der Waals surface area contributed by atoms with Gasteiger partial charge in [0.15, 0.2) is 0 Å². The Hall–Kier alpha value is -1.26. The largest absolute Gasteiger partial charge is 0.496 e. The molecule has 0 amide bonds. The van der Waals surface area contributed by atoms with Crippen molar-refractivity contribution in [3.63, 3.8) is 0 Å². The normalized spacial score (nSPS) is 10.8. The third-order valence-corrected chi connectivity index (χ3v) is 3.05. The average molecular weight is 252 g/mol. The van der Waals surface area contributed by atoms with Gasteiger partial charge in [-0.25, -0.2) is 0 Å². The minimum Gasteiger partial charge on any atom is -0.496 e. The summed E-state index contributed by atoms with van der Waals surface area (Å²) in [5.74, 6) is 1.79. The first-order chi connectivity index (χ1) is 8.63. The molecule has 0 aliphatic carbocycles. The molecule has 0 saturated carbocycles. The fourth-order valence-electron chi connectivity index (χ4n) is 2.03. The van der Waals surface area contributed by atoms with Gasteiger partial charge in [0.25, 0.3) is 0 Å². The predicted molar refractivity (Wildman–Crippen MR) is 74.5 cm³/mol. The Kier molecular flexibility index (Phi) is 5.95. The maximum atomic E-state index is 5.50. The fraction of sp³-hybridized carbons (Fsp3) is 0.571. The molecule has 18 heavy (non-hydrogen) atoms. The van der Waals surface area contributed by atoms with Crippen molar-refractivity contribution in [2.75, 3.05) is 41.4 Å². The fourth-order valence-corrected chi connectivity index (χ4v) is 2.03. The highest BCUT2D eigenvalue weighted by Crippen LogP contribution is 2.31. The van der Waals surface area contributed by atoms with Crippen molar-refractivity contribution >= 4 is 0 Å². The Morgan fingerprint density at radius 3 is 2.50 bits per heavy atom. The molecule has 1 aromatic rings. The maximum Gasteiger partial charge on any atom is 0.129 e. The van der Waals surface area contributed by atoms with Gasteiger partial charge in [0.2, 0.25) is 0 Å². The van der Waals surface area contributed by atoms with E-state index in [2.05, 4.69) is 23.3 Å². The van der Waals surface area contributed by atoms with E-state index in [4.69, 9.17) is 9.47 Å². The van der Waals surface area contributed by atoms with E-state index in [-0.39, 0.29) is 0 Å². The van der Waals surface area contributed by atoms with Crippen LogP contribution in [0.25, 0.3) is 0 Å². The number of rotatable bonds is 7. The number of methoxy groups -OCH3 is 2. The molecular formula is C14H24N2O2. The first-order valence-electron chi connectivity index (χ1n) is 6.17. The molecule has 0 bridgehead atoms. The summed E-state index contributed by atoms with van der Waals surface area (Å²) < 4.78 is 10.8. The van der Waals surface area contributed by atoms with Gasteiger partial charge >= 0.3 is 0 Å². The second-order valence-electron chi connectivity index (χ2n) is 4.43. The van der Waals surface area contributed by atoms with Gasteiger partial charge < -0.3 is 19.7 Å². The number of hydrogen-bond acceptors (Lipinski definition) is 4. The molecule has 1 rings (SSSR count). The molecule has 0 saturated heterocycles. The van der Waals surface area contributed by atoms with Crippen LogP contribution in [0.4, 0.5) is 0 Å². The van der Waals surface area contributed by atoms with Gasteiger partial charge in [-0.3, -0.25) is 0 Å². The van der Waals surface area contributed by atoms with Gasteiger partial charge in [0, 0.05) is 30.8 Å².